The second-order valence-corrected chi connectivity index (χ2v) is 14.9. The fourth-order valence-electron chi connectivity index (χ4n) is 2.17. The van der Waals surface area contributed by atoms with Gasteiger partial charge in [-0.15, -0.1) is 0 Å². The predicted molar refractivity (Wildman–Crippen MR) is 99.3 cm³/mol. The summed E-state index contributed by atoms with van der Waals surface area (Å²) in [4.78, 5) is 0. The summed E-state index contributed by atoms with van der Waals surface area (Å²) >= 11 is 0. The smallest absolute Gasteiger partial charge is 0.213 e. The molecule has 0 saturated heterocycles. The largest absolute Gasteiger partial charge is 0.330 e. The van der Waals surface area contributed by atoms with Crippen molar-refractivity contribution >= 4 is 18.1 Å². The maximum Gasteiger partial charge on any atom is 0.213 e. The minimum atomic E-state index is -3.12. The number of sulfonamides is 1. The normalized spacial score (nSPS) is 13.0. The number of hydrogen-bond acceptors (Lipinski definition) is 4. The molecule has 0 aromatic carbocycles. The van der Waals surface area contributed by atoms with Crippen molar-refractivity contribution in [2.24, 2.45) is 11.5 Å². The number of nitrogens with two attached hydrogens (primary N) is 2. The molecule has 0 heterocycles. The molecular formula is C15H37N3O2SSi. The van der Waals surface area contributed by atoms with Crippen molar-refractivity contribution in [2.45, 2.75) is 64.2 Å². The predicted octanol–water partition coefficient (Wildman–Crippen LogP) is 2.21. The van der Waals surface area contributed by atoms with Crippen LogP contribution in [0.15, 0.2) is 0 Å². The van der Waals surface area contributed by atoms with E-state index in [9.17, 15) is 8.42 Å². The van der Waals surface area contributed by atoms with Crippen LogP contribution >= 0.6 is 0 Å². The zero-order valence-electron chi connectivity index (χ0n) is 14.8. The molecule has 0 bridgehead atoms. The lowest BCUT2D eigenvalue weighted by molar-refractivity contribution is 0.388. The van der Waals surface area contributed by atoms with E-state index in [2.05, 4.69) is 19.6 Å². The molecule has 0 saturated carbocycles. The van der Waals surface area contributed by atoms with Crippen molar-refractivity contribution in [3.63, 3.8) is 0 Å². The van der Waals surface area contributed by atoms with Crippen molar-refractivity contribution in [1.82, 2.24) is 4.31 Å². The van der Waals surface area contributed by atoms with Crippen LogP contribution in [0.2, 0.25) is 25.7 Å². The van der Waals surface area contributed by atoms with Crippen LogP contribution < -0.4 is 11.5 Å². The lowest BCUT2D eigenvalue weighted by atomic mass is 10.2. The molecule has 0 unspecified atom stereocenters. The first kappa shape index (κ1) is 22.0. The van der Waals surface area contributed by atoms with Gasteiger partial charge >= 0.3 is 0 Å². The summed E-state index contributed by atoms with van der Waals surface area (Å²) in [7, 11) is -4.46. The van der Waals surface area contributed by atoms with Gasteiger partial charge in [-0.25, -0.2) is 12.7 Å². The average Bonchev–Trinajstić information content (AvgIpc) is 2.42. The van der Waals surface area contributed by atoms with Gasteiger partial charge in [-0.05, 0) is 44.8 Å². The average molecular weight is 352 g/mol. The standard InChI is InChI=1S/C15H37N3O2SSi/c1-22(2,3)15-14-21(19,20)18(12-8-4-6-10-16)13-9-5-7-11-17/h4-17H2,1-3H3. The maximum absolute atomic E-state index is 12.6. The Morgan fingerprint density at radius 2 is 1.27 bits per heavy atom. The van der Waals surface area contributed by atoms with Gasteiger partial charge in [0.2, 0.25) is 10.0 Å². The van der Waals surface area contributed by atoms with Crippen LogP contribution in [-0.4, -0.2) is 52.7 Å². The quantitative estimate of drug-likeness (QED) is 0.371. The van der Waals surface area contributed by atoms with E-state index in [1.807, 2.05) is 0 Å². The van der Waals surface area contributed by atoms with Gasteiger partial charge in [0.15, 0.2) is 0 Å². The van der Waals surface area contributed by atoms with E-state index in [1.54, 1.807) is 4.31 Å². The molecule has 7 heteroatoms. The highest BCUT2D eigenvalue weighted by atomic mass is 32.2. The number of nitrogens with zero attached hydrogens (tertiary/aromatic N) is 1. The van der Waals surface area contributed by atoms with Crippen LogP contribution in [0.3, 0.4) is 0 Å². The minimum Gasteiger partial charge on any atom is -0.330 e. The molecule has 0 aromatic heterocycles. The van der Waals surface area contributed by atoms with E-state index in [4.69, 9.17) is 11.5 Å². The van der Waals surface area contributed by atoms with Gasteiger partial charge in [-0.1, -0.05) is 32.5 Å². The molecule has 0 aliphatic carbocycles. The Hall–Kier alpha value is 0.0469. The maximum atomic E-state index is 12.6. The summed E-state index contributed by atoms with van der Waals surface area (Å²) in [6.45, 7) is 9.28. The molecular weight excluding hydrogens is 314 g/mol. The van der Waals surface area contributed by atoms with E-state index < -0.39 is 18.1 Å². The molecule has 0 fully saturated rings. The summed E-state index contributed by atoms with van der Waals surface area (Å²) in [5, 5.41) is 0. The monoisotopic (exact) mass is 351 g/mol. The topological polar surface area (TPSA) is 89.4 Å². The van der Waals surface area contributed by atoms with Gasteiger partial charge in [0.1, 0.15) is 0 Å². The lowest BCUT2D eigenvalue weighted by Gasteiger charge is -2.24. The molecule has 0 aliphatic heterocycles. The fraction of sp³-hybridized carbons (Fsp3) is 1.00. The van der Waals surface area contributed by atoms with Crippen molar-refractivity contribution in [1.29, 1.82) is 0 Å². The summed E-state index contributed by atoms with van der Waals surface area (Å²) in [6, 6.07) is 0.831. The van der Waals surface area contributed by atoms with E-state index >= 15 is 0 Å². The second-order valence-electron chi connectivity index (χ2n) is 7.22. The molecule has 0 rings (SSSR count). The zero-order valence-corrected chi connectivity index (χ0v) is 16.6. The van der Waals surface area contributed by atoms with Gasteiger partial charge in [0.05, 0.1) is 5.75 Å². The van der Waals surface area contributed by atoms with E-state index in [1.165, 1.54) is 0 Å². The molecule has 0 aliphatic rings. The molecule has 0 aromatic rings. The van der Waals surface area contributed by atoms with Crippen LogP contribution in [-0.2, 0) is 10.0 Å². The molecule has 4 N–H and O–H groups in total. The third-order valence-corrected chi connectivity index (χ3v) is 7.71. The van der Waals surface area contributed by atoms with E-state index in [0.717, 1.165) is 44.6 Å². The minimum absolute atomic E-state index is 0.302. The van der Waals surface area contributed by atoms with Crippen LogP contribution in [0.25, 0.3) is 0 Å². The Morgan fingerprint density at radius 3 is 1.64 bits per heavy atom. The number of rotatable bonds is 14. The first-order valence-corrected chi connectivity index (χ1v) is 13.9. The lowest BCUT2D eigenvalue weighted by Crippen LogP contribution is -2.37. The van der Waals surface area contributed by atoms with Crippen LogP contribution in [0.4, 0.5) is 0 Å². The van der Waals surface area contributed by atoms with E-state index in [-0.39, 0.29) is 0 Å². The van der Waals surface area contributed by atoms with Gasteiger partial charge < -0.3 is 11.5 Å². The van der Waals surface area contributed by atoms with Crippen molar-refractivity contribution in [3.05, 3.63) is 0 Å². The molecule has 0 spiro atoms. The fourth-order valence-corrected chi connectivity index (χ4v) is 6.73. The summed E-state index contributed by atoms with van der Waals surface area (Å²) in [5.74, 6) is 0.302. The number of hydrogen-bond donors (Lipinski definition) is 2. The van der Waals surface area contributed by atoms with E-state index in [0.29, 0.717) is 31.9 Å². The highest BCUT2D eigenvalue weighted by Crippen LogP contribution is 2.14. The Kier molecular flexibility index (Phi) is 11.6. The molecule has 22 heavy (non-hydrogen) atoms. The van der Waals surface area contributed by atoms with Crippen molar-refractivity contribution < 1.29 is 8.42 Å². The molecule has 5 nitrogen and oxygen atoms in total. The molecule has 0 amide bonds. The zero-order chi connectivity index (χ0) is 17.1. The van der Waals surface area contributed by atoms with Gasteiger partial charge in [-0.3, -0.25) is 0 Å². The SMILES string of the molecule is C[Si](C)(C)CCS(=O)(=O)N(CCCCCN)CCCCCN. The molecule has 0 radical (unpaired) electrons. The molecule has 0 atom stereocenters. The Labute approximate surface area is 138 Å². The highest BCUT2D eigenvalue weighted by Gasteiger charge is 2.24. The first-order valence-electron chi connectivity index (χ1n) is 8.61. The summed E-state index contributed by atoms with van der Waals surface area (Å²) in [5.41, 5.74) is 11.0. The van der Waals surface area contributed by atoms with Crippen LogP contribution in [0.1, 0.15) is 38.5 Å². The Balaban J connectivity index is 4.50. The van der Waals surface area contributed by atoms with Gasteiger partial charge in [0.25, 0.3) is 0 Å². The van der Waals surface area contributed by atoms with Gasteiger partial charge in [-0.2, -0.15) is 0 Å². The third-order valence-electron chi connectivity index (χ3n) is 3.73. The number of unbranched alkanes of at least 4 members (excludes halogenated alkanes) is 4. The van der Waals surface area contributed by atoms with Gasteiger partial charge in [0, 0.05) is 21.2 Å². The van der Waals surface area contributed by atoms with Crippen LogP contribution in [0.5, 0.6) is 0 Å². The Bertz CT molecular complexity index is 357. The molecule has 134 valence electrons. The van der Waals surface area contributed by atoms with Crippen molar-refractivity contribution in [2.75, 3.05) is 31.9 Å². The highest BCUT2D eigenvalue weighted by molar-refractivity contribution is 7.89. The third kappa shape index (κ3) is 11.6. The van der Waals surface area contributed by atoms with Crippen molar-refractivity contribution in [3.8, 4) is 0 Å². The Morgan fingerprint density at radius 1 is 0.818 bits per heavy atom. The second kappa shape index (κ2) is 11.6. The first-order chi connectivity index (χ1) is 10.2. The summed E-state index contributed by atoms with van der Waals surface area (Å²) < 4.78 is 26.9. The summed E-state index contributed by atoms with van der Waals surface area (Å²) in [6.07, 6.45) is 5.74. The van der Waals surface area contributed by atoms with Crippen LogP contribution in [0, 0.1) is 0 Å².